The highest BCUT2D eigenvalue weighted by Gasteiger charge is 2.50. The van der Waals surface area contributed by atoms with Gasteiger partial charge in [0.15, 0.2) is 5.79 Å². The predicted molar refractivity (Wildman–Crippen MR) is 69.7 cm³/mol. The molecular weight excluding hydrogens is 244 g/mol. The third kappa shape index (κ3) is 2.98. The van der Waals surface area contributed by atoms with Crippen molar-refractivity contribution in [3.05, 3.63) is 35.9 Å². The second kappa shape index (κ2) is 5.21. The summed E-state index contributed by atoms with van der Waals surface area (Å²) in [6.45, 7) is 5.60. The van der Waals surface area contributed by atoms with Gasteiger partial charge in [-0.2, -0.15) is 0 Å². The second-order valence-corrected chi connectivity index (χ2v) is 5.51. The molecule has 0 saturated carbocycles. The molecule has 0 aliphatic carbocycles. The lowest BCUT2D eigenvalue weighted by Crippen LogP contribution is -2.32. The van der Waals surface area contributed by atoms with Gasteiger partial charge in [0.1, 0.15) is 18.3 Å². The van der Waals surface area contributed by atoms with E-state index in [2.05, 4.69) is 12.1 Å². The molecule has 4 nitrogen and oxygen atoms in total. The number of hydrogen-bond acceptors (Lipinski definition) is 4. The Hall–Kier alpha value is -0.940. The van der Waals surface area contributed by atoms with E-state index >= 15 is 0 Å². The average molecular weight is 264 g/mol. The largest absolute Gasteiger partial charge is 0.374 e. The third-order valence-electron chi connectivity index (χ3n) is 3.46. The Labute approximate surface area is 113 Å². The van der Waals surface area contributed by atoms with Gasteiger partial charge in [0.05, 0.1) is 19.8 Å². The lowest BCUT2D eigenvalue weighted by Gasteiger charge is -2.21. The number of fused-ring (bicyclic) bond motifs is 1. The zero-order chi connectivity index (χ0) is 13.3. The molecule has 4 heteroatoms. The summed E-state index contributed by atoms with van der Waals surface area (Å²) in [6.07, 6.45) is 0.00147. The summed E-state index contributed by atoms with van der Waals surface area (Å²) in [5.74, 6) is -0.503. The highest BCUT2D eigenvalue weighted by atomic mass is 16.8. The molecule has 2 heterocycles. The molecule has 0 spiro atoms. The van der Waals surface area contributed by atoms with Gasteiger partial charge >= 0.3 is 0 Å². The topological polar surface area (TPSA) is 36.9 Å². The van der Waals surface area contributed by atoms with Gasteiger partial charge in [-0.3, -0.25) is 0 Å². The van der Waals surface area contributed by atoms with Crippen molar-refractivity contribution in [2.24, 2.45) is 0 Å². The van der Waals surface area contributed by atoms with Gasteiger partial charge in [-0.15, -0.1) is 0 Å². The molecule has 0 radical (unpaired) electrons. The lowest BCUT2D eigenvalue weighted by molar-refractivity contribution is -0.180. The summed E-state index contributed by atoms with van der Waals surface area (Å²) >= 11 is 0. The first kappa shape index (κ1) is 13.1. The Balaban J connectivity index is 1.49. The van der Waals surface area contributed by atoms with Crippen LogP contribution in [0.25, 0.3) is 0 Å². The van der Waals surface area contributed by atoms with Crippen LogP contribution in [-0.4, -0.2) is 37.3 Å². The van der Waals surface area contributed by atoms with E-state index < -0.39 is 5.79 Å². The Bertz CT molecular complexity index is 417. The fourth-order valence-corrected chi connectivity index (χ4v) is 2.63. The summed E-state index contributed by atoms with van der Waals surface area (Å²) in [5.41, 5.74) is 1.17. The van der Waals surface area contributed by atoms with Crippen LogP contribution in [0.15, 0.2) is 30.3 Å². The van der Waals surface area contributed by atoms with E-state index in [0.29, 0.717) is 19.8 Å². The summed E-state index contributed by atoms with van der Waals surface area (Å²) in [5, 5.41) is 0. The van der Waals surface area contributed by atoms with Crippen LogP contribution in [0.1, 0.15) is 19.4 Å². The van der Waals surface area contributed by atoms with Crippen molar-refractivity contribution in [3.63, 3.8) is 0 Å². The van der Waals surface area contributed by atoms with Crippen molar-refractivity contribution < 1.29 is 18.9 Å². The van der Waals surface area contributed by atoms with Crippen molar-refractivity contribution in [2.75, 3.05) is 13.2 Å². The lowest BCUT2D eigenvalue weighted by atomic mass is 10.1. The Morgan fingerprint density at radius 1 is 1.21 bits per heavy atom. The molecule has 2 aliphatic heterocycles. The van der Waals surface area contributed by atoms with E-state index in [1.54, 1.807) is 0 Å². The molecule has 2 saturated heterocycles. The van der Waals surface area contributed by atoms with Crippen molar-refractivity contribution in [1.82, 2.24) is 0 Å². The maximum Gasteiger partial charge on any atom is 0.164 e. The molecule has 0 amide bonds. The van der Waals surface area contributed by atoms with Crippen LogP contribution in [0, 0.1) is 0 Å². The summed E-state index contributed by atoms with van der Waals surface area (Å²) in [4.78, 5) is 0. The molecule has 19 heavy (non-hydrogen) atoms. The van der Waals surface area contributed by atoms with E-state index in [1.807, 2.05) is 32.0 Å². The normalized spacial score (nSPS) is 32.4. The number of hydrogen-bond donors (Lipinski definition) is 0. The van der Waals surface area contributed by atoms with E-state index in [4.69, 9.17) is 18.9 Å². The highest BCUT2D eigenvalue weighted by Crippen LogP contribution is 2.35. The number of rotatable bonds is 4. The molecule has 3 atom stereocenters. The third-order valence-corrected chi connectivity index (χ3v) is 3.46. The van der Waals surface area contributed by atoms with Crippen LogP contribution in [0.4, 0.5) is 0 Å². The first-order valence-electron chi connectivity index (χ1n) is 6.73. The SMILES string of the molecule is CC1(C)O[C@H]2[C@H](CO[C@@H]2COCc2ccccc2)O1. The zero-order valence-electron chi connectivity index (χ0n) is 11.4. The van der Waals surface area contributed by atoms with Crippen molar-refractivity contribution >= 4 is 0 Å². The zero-order valence-corrected chi connectivity index (χ0v) is 11.4. The minimum Gasteiger partial charge on any atom is -0.374 e. The van der Waals surface area contributed by atoms with Gasteiger partial charge in [0, 0.05) is 0 Å². The molecule has 2 aliphatic rings. The monoisotopic (exact) mass is 264 g/mol. The molecule has 0 bridgehead atoms. The van der Waals surface area contributed by atoms with Crippen LogP contribution in [0.3, 0.4) is 0 Å². The molecule has 2 fully saturated rings. The van der Waals surface area contributed by atoms with Crippen LogP contribution >= 0.6 is 0 Å². The molecular formula is C15H20O4. The van der Waals surface area contributed by atoms with Crippen molar-refractivity contribution in [3.8, 4) is 0 Å². The summed E-state index contributed by atoms with van der Waals surface area (Å²) < 4.78 is 23.0. The number of benzene rings is 1. The molecule has 1 aromatic carbocycles. The predicted octanol–water partition coefficient (Wildman–Crippen LogP) is 2.12. The fourth-order valence-electron chi connectivity index (χ4n) is 2.63. The first-order valence-corrected chi connectivity index (χ1v) is 6.73. The van der Waals surface area contributed by atoms with Gasteiger partial charge in [-0.25, -0.2) is 0 Å². The van der Waals surface area contributed by atoms with Crippen molar-refractivity contribution in [2.45, 2.75) is 44.6 Å². The van der Waals surface area contributed by atoms with Crippen LogP contribution in [0.5, 0.6) is 0 Å². The van der Waals surface area contributed by atoms with E-state index in [9.17, 15) is 0 Å². The van der Waals surface area contributed by atoms with Crippen molar-refractivity contribution in [1.29, 1.82) is 0 Å². The van der Waals surface area contributed by atoms with Crippen LogP contribution in [0.2, 0.25) is 0 Å². The standard InChI is InChI=1S/C15H20O4/c1-15(2)18-13-10-17-12(14(13)19-15)9-16-8-11-6-4-3-5-7-11/h3-7,12-14H,8-10H2,1-2H3/t12-,13+,14-/m1/s1. The van der Waals surface area contributed by atoms with Crippen LogP contribution in [-0.2, 0) is 25.6 Å². The highest BCUT2D eigenvalue weighted by molar-refractivity contribution is 5.13. The van der Waals surface area contributed by atoms with Gasteiger partial charge in [0.2, 0.25) is 0 Å². The van der Waals surface area contributed by atoms with Gasteiger partial charge in [-0.1, -0.05) is 30.3 Å². The molecule has 1 aromatic rings. The summed E-state index contributed by atoms with van der Waals surface area (Å²) in [6, 6.07) is 10.1. The molecule has 3 rings (SSSR count). The van der Waals surface area contributed by atoms with E-state index in [0.717, 1.165) is 0 Å². The minimum atomic E-state index is -0.503. The molecule has 104 valence electrons. The smallest absolute Gasteiger partial charge is 0.164 e. The molecule has 0 N–H and O–H groups in total. The Morgan fingerprint density at radius 2 is 2.00 bits per heavy atom. The average Bonchev–Trinajstić information content (AvgIpc) is 2.87. The molecule has 0 unspecified atom stereocenters. The van der Waals surface area contributed by atoms with Gasteiger partial charge in [-0.05, 0) is 19.4 Å². The number of ether oxygens (including phenoxy) is 4. The molecule has 0 aromatic heterocycles. The van der Waals surface area contributed by atoms with E-state index in [1.165, 1.54) is 5.56 Å². The Morgan fingerprint density at radius 3 is 2.79 bits per heavy atom. The fraction of sp³-hybridized carbons (Fsp3) is 0.600. The quantitative estimate of drug-likeness (QED) is 0.834. The maximum absolute atomic E-state index is 5.86. The second-order valence-electron chi connectivity index (χ2n) is 5.51. The maximum atomic E-state index is 5.86. The first-order chi connectivity index (χ1) is 9.14. The van der Waals surface area contributed by atoms with Crippen LogP contribution < -0.4 is 0 Å². The Kier molecular flexibility index (Phi) is 3.58. The minimum absolute atomic E-state index is 0.00854. The summed E-state index contributed by atoms with van der Waals surface area (Å²) in [7, 11) is 0. The van der Waals surface area contributed by atoms with E-state index in [-0.39, 0.29) is 18.3 Å². The van der Waals surface area contributed by atoms with Gasteiger partial charge in [0.25, 0.3) is 0 Å². The van der Waals surface area contributed by atoms with Gasteiger partial charge < -0.3 is 18.9 Å².